The number of imidazole rings is 1. The molecule has 5 heteroatoms. The number of hydrogen-bond acceptors (Lipinski definition) is 3. The number of nitrogens with one attached hydrogen (secondary N) is 1. The lowest BCUT2D eigenvalue weighted by atomic mass is 10.2. The van der Waals surface area contributed by atoms with Gasteiger partial charge < -0.3 is 14.1 Å². The third-order valence-electron chi connectivity index (χ3n) is 3.09. The average molecular weight is 276 g/mol. The summed E-state index contributed by atoms with van der Waals surface area (Å²) in [5, 5.41) is 3.91. The fraction of sp³-hybridized carbons (Fsp3) is 0.214. The second-order valence-electron chi connectivity index (χ2n) is 4.40. The van der Waals surface area contributed by atoms with Crippen LogP contribution in [0.1, 0.15) is 24.4 Å². The van der Waals surface area contributed by atoms with Crippen LogP contribution in [-0.2, 0) is 6.54 Å². The molecule has 3 heterocycles. The monoisotopic (exact) mass is 275 g/mol. The Hall–Kier alpha value is -1.78. The van der Waals surface area contributed by atoms with Crippen LogP contribution in [0.5, 0.6) is 0 Å². The number of halogens is 1. The molecule has 0 fully saturated rings. The van der Waals surface area contributed by atoms with Gasteiger partial charge in [-0.3, -0.25) is 0 Å². The van der Waals surface area contributed by atoms with E-state index in [0.29, 0.717) is 11.7 Å². The van der Waals surface area contributed by atoms with Crippen LogP contribution in [0.3, 0.4) is 0 Å². The lowest BCUT2D eigenvalue weighted by Gasteiger charge is -2.13. The van der Waals surface area contributed by atoms with Crippen molar-refractivity contribution in [2.24, 2.45) is 0 Å². The highest BCUT2D eigenvalue weighted by Gasteiger charge is 2.16. The Balaban J connectivity index is 1.84. The van der Waals surface area contributed by atoms with Crippen LogP contribution in [0, 0.1) is 0 Å². The quantitative estimate of drug-likeness (QED) is 0.793. The van der Waals surface area contributed by atoms with Crippen LogP contribution in [0.4, 0.5) is 0 Å². The molecule has 0 bridgehead atoms. The lowest BCUT2D eigenvalue weighted by Crippen LogP contribution is -2.19. The second-order valence-corrected chi connectivity index (χ2v) is 4.76. The van der Waals surface area contributed by atoms with E-state index in [2.05, 4.69) is 17.2 Å². The van der Waals surface area contributed by atoms with E-state index in [1.54, 1.807) is 6.26 Å². The first-order valence-corrected chi connectivity index (χ1v) is 6.52. The Labute approximate surface area is 116 Å². The molecule has 98 valence electrons. The predicted octanol–water partition coefficient (Wildman–Crippen LogP) is 3.43. The lowest BCUT2D eigenvalue weighted by molar-refractivity contribution is 0.456. The molecule has 19 heavy (non-hydrogen) atoms. The van der Waals surface area contributed by atoms with Crippen molar-refractivity contribution in [2.45, 2.75) is 19.5 Å². The van der Waals surface area contributed by atoms with Crippen LogP contribution in [0.2, 0.25) is 5.15 Å². The highest BCUT2D eigenvalue weighted by atomic mass is 35.5. The summed E-state index contributed by atoms with van der Waals surface area (Å²) in [6.45, 7) is 2.72. The van der Waals surface area contributed by atoms with E-state index in [1.807, 2.05) is 40.9 Å². The molecule has 3 rings (SSSR count). The summed E-state index contributed by atoms with van der Waals surface area (Å²) in [4.78, 5) is 4.34. The van der Waals surface area contributed by atoms with Gasteiger partial charge in [0.25, 0.3) is 0 Å². The van der Waals surface area contributed by atoms with Gasteiger partial charge in [0.15, 0.2) is 5.15 Å². The van der Waals surface area contributed by atoms with Crippen molar-refractivity contribution >= 4 is 17.2 Å². The number of nitrogens with zero attached hydrogens (tertiary/aromatic N) is 2. The van der Waals surface area contributed by atoms with Crippen LogP contribution < -0.4 is 5.32 Å². The number of furan rings is 1. The van der Waals surface area contributed by atoms with Gasteiger partial charge in [0.05, 0.1) is 18.5 Å². The largest absolute Gasteiger partial charge is 0.468 e. The van der Waals surface area contributed by atoms with Crippen LogP contribution >= 0.6 is 11.6 Å². The summed E-state index contributed by atoms with van der Waals surface area (Å²) in [6.07, 6.45) is 3.64. The molecule has 1 unspecified atom stereocenters. The molecule has 0 aliphatic carbocycles. The first kappa shape index (κ1) is 12.3. The molecular formula is C14H14ClN3O. The number of pyridine rings is 1. The maximum Gasteiger partial charge on any atom is 0.152 e. The molecule has 0 amide bonds. The van der Waals surface area contributed by atoms with E-state index < -0.39 is 0 Å². The highest BCUT2D eigenvalue weighted by Crippen LogP contribution is 2.24. The molecule has 0 spiro atoms. The zero-order chi connectivity index (χ0) is 13.2. The smallest absolute Gasteiger partial charge is 0.152 e. The van der Waals surface area contributed by atoms with E-state index in [9.17, 15) is 0 Å². The van der Waals surface area contributed by atoms with Crippen molar-refractivity contribution in [2.75, 3.05) is 0 Å². The van der Waals surface area contributed by atoms with Gasteiger partial charge in [-0.2, -0.15) is 0 Å². The second kappa shape index (κ2) is 5.07. The molecule has 0 saturated carbocycles. The van der Waals surface area contributed by atoms with Gasteiger partial charge >= 0.3 is 0 Å². The average Bonchev–Trinajstić information content (AvgIpc) is 3.02. The molecule has 3 aromatic rings. The minimum absolute atomic E-state index is 0.0787. The number of rotatable bonds is 4. The van der Waals surface area contributed by atoms with Gasteiger partial charge in [-0.05, 0) is 31.2 Å². The summed E-state index contributed by atoms with van der Waals surface area (Å²) in [7, 11) is 0. The van der Waals surface area contributed by atoms with Crippen molar-refractivity contribution < 1.29 is 4.42 Å². The maximum absolute atomic E-state index is 6.23. The molecule has 0 aliphatic heterocycles. The maximum atomic E-state index is 6.23. The first-order chi connectivity index (χ1) is 9.25. The van der Waals surface area contributed by atoms with Crippen LogP contribution in [0.25, 0.3) is 5.65 Å². The fourth-order valence-electron chi connectivity index (χ4n) is 2.14. The molecule has 0 aliphatic rings. The van der Waals surface area contributed by atoms with E-state index in [0.717, 1.165) is 17.1 Å². The van der Waals surface area contributed by atoms with E-state index in [1.165, 1.54) is 0 Å². The Kier molecular flexibility index (Phi) is 3.27. The number of fused-ring (bicyclic) bond motifs is 1. The van der Waals surface area contributed by atoms with Crippen molar-refractivity contribution in [3.05, 3.63) is 59.4 Å². The number of aromatic nitrogens is 2. The minimum Gasteiger partial charge on any atom is -0.468 e. The van der Waals surface area contributed by atoms with Crippen LogP contribution in [-0.4, -0.2) is 9.38 Å². The predicted molar refractivity (Wildman–Crippen MR) is 74.2 cm³/mol. The van der Waals surface area contributed by atoms with Gasteiger partial charge in [0.1, 0.15) is 11.4 Å². The molecular weight excluding hydrogens is 262 g/mol. The Bertz CT molecular complexity index is 675. The molecule has 1 N–H and O–H groups in total. The summed E-state index contributed by atoms with van der Waals surface area (Å²) in [5.41, 5.74) is 1.82. The standard InChI is InChI=1S/C14H14ClN3O/c1-10(16-9-11-5-4-8-19-11)13-14(15)17-12-6-2-3-7-18(12)13/h2-8,10,16H,9H2,1H3. The molecule has 0 saturated heterocycles. The summed E-state index contributed by atoms with van der Waals surface area (Å²) >= 11 is 6.23. The summed E-state index contributed by atoms with van der Waals surface area (Å²) < 4.78 is 7.30. The van der Waals surface area contributed by atoms with Crippen molar-refractivity contribution in [1.82, 2.24) is 14.7 Å². The zero-order valence-corrected chi connectivity index (χ0v) is 11.3. The number of hydrogen-bond donors (Lipinski definition) is 1. The van der Waals surface area contributed by atoms with Crippen LogP contribution in [0.15, 0.2) is 47.2 Å². The molecule has 4 nitrogen and oxygen atoms in total. The third kappa shape index (κ3) is 2.37. The Morgan fingerprint density at radius 1 is 1.37 bits per heavy atom. The van der Waals surface area contributed by atoms with Gasteiger partial charge in [-0.1, -0.05) is 17.7 Å². The minimum atomic E-state index is 0.0787. The van der Waals surface area contributed by atoms with Crippen molar-refractivity contribution in [1.29, 1.82) is 0 Å². The fourth-order valence-corrected chi connectivity index (χ4v) is 2.48. The van der Waals surface area contributed by atoms with E-state index >= 15 is 0 Å². The third-order valence-corrected chi connectivity index (χ3v) is 3.37. The van der Waals surface area contributed by atoms with Gasteiger partial charge in [-0.25, -0.2) is 4.98 Å². The summed E-state index contributed by atoms with van der Waals surface area (Å²) in [6, 6.07) is 9.75. The Morgan fingerprint density at radius 2 is 2.26 bits per heavy atom. The van der Waals surface area contributed by atoms with Crippen molar-refractivity contribution in [3.63, 3.8) is 0 Å². The normalized spacial score (nSPS) is 12.9. The highest BCUT2D eigenvalue weighted by molar-refractivity contribution is 6.30. The Morgan fingerprint density at radius 3 is 3.05 bits per heavy atom. The summed E-state index contributed by atoms with van der Waals surface area (Å²) in [5.74, 6) is 0.900. The van der Waals surface area contributed by atoms with Gasteiger partial charge in [0.2, 0.25) is 0 Å². The molecule has 0 radical (unpaired) electrons. The van der Waals surface area contributed by atoms with E-state index in [-0.39, 0.29) is 6.04 Å². The van der Waals surface area contributed by atoms with Gasteiger partial charge in [0, 0.05) is 12.2 Å². The van der Waals surface area contributed by atoms with Gasteiger partial charge in [-0.15, -0.1) is 0 Å². The zero-order valence-electron chi connectivity index (χ0n) is 10.5. The molecule has 3 aromatic heterocycles. The molecule has 1 atom stereocenters. The van der Waals surface area contributed by atoms with Crippen molar-refractivity contribution in [3.8, 4) is 0 Å². The SMILES string of the molecule is CC(NCc1ccco1)c1c(Cl)nc2ccccn12. The molecule has 0 aromatic carbocycles. The topological polar surface area (TPSA) is 42.5 Å². The first-order valence-electron chi connectivity index (χ1n) is 6.14. The van der Waals surface area contributed by atoms with E-state index in [4.69, 9.17) is 16.0 Å².